The van der Waals surface area contributed by atoms with Crippen molar-refractivity contribution in [1.82, 2.24) is 4.90 Å². The smallest absolute Gasteiger partial charge is 0.351 e. The van der Waals surface area contributed by atoms with Crippen LogP contribution in [0, 0.1) is 0 Å². The molecule has 0 spiro atoms. The van der Waals surface area contributed by atoms with Crippen LogP contribution in [-0.2, 0) is 14.3 Å². The van der Waals surface area contributed by atoms with E-state index in [1.165, 1.54) is 0 Å². The van der Waals surface area contributed by atoms with Crippen molar-refractivity contribution in [3.8, 4) is 11.5 Å². The van der Waals surface area contributed by atoms with Gasteiger partial charge in [0.15, 0.2) is 11.5 Å². The van der Waals surface area contributed by atoms with E-state index in [1.807, 2.05) is 25.1 Å². The molecule has 1 aromatic carbocycles. The van der Waals surface area contributed by atoms with Crippen molar-refractivity contribution in [2.24, 2.45) is 0 Å². The van der Waals surface area contributed by atoms with Crippen molar-refractivity contribution < 1.29 is 23.7 Å². The Morgan fingerprint density at radius 2 is 2.05 bits per heavy atom. The van der Waals surface area contributed by atoms with Crippen molar-refractivity contribution in [3.63, 3.8) is 0 Å². The number of morpholine rings is 1. The van der Waals surface area contributed by atoms with Gasteiger partial charge in [0.1, 0.15) is 12.7 Å². The molecule has 0 bridgehead atoms. The third-order valence-electron chi connectivity index (χ3n) is 3.71. The van der Waals surface area contributed by atoms with Gasteiger partial charge in [-0.25, -0.2) is 4.79 Å². The Morgan fingerprint density at radius 1 is 1.32 bits per heavy atom. The molecule has 2 atom stereocenters. The summed E-state index contributed by atoms with van der Waals surface area (Å²) in [5, 5.41) is 0. The second kappa shape index (κ2) is 6.98. The predicted molar refractivity (Wildman–Crippen MR) is 79.2 cm³/mol. The summed E-state index contributed by atoms with van der Waals surface area (Å²) < 4.78 is 22.0. The monoisotopic (exact) mass is 307 g/mol. The van der Waals surface area contributed by atoms with Crippen molar-refractivity contribution in [2.75, 3.05) is 39.5 Å². The lowest BCUT2D eigenvalue weighted by atomic mass is 10.2. The molecule has 1 saturated heterocycles. The fourth-order valence-electron chi connectivity index (χ4n) is 2.59. The minimum absolute atomic E-state index is 0.181. The maximum Gasteiger partial charge on any atom is 0.351 e. The molecule has 0 N–H and O–H groups in total. The summed E-state index contributed by atoms with van der Waals surface area (Å²) in [5.74, 6) is 0.861. The van der Waals surface area contributed by atoms with Crippen LogP contribution < -0.4 is 9.47 Å². The quantitative estimate of drug-likeness (QED) is 0.776. The maximum absolute atomic E-state index is 12.2. The zero-order valence-electron chi connectivity index (χ0n) is 12.7. The molecular weight excluding hydrogens is 286 g/mol. The standard InChI is InChI=1S/C16H21NO5/c1-12(10-17-6-8-19-9-7-17)21-16(18)15-11-20-13-4-2-3-5-14(13)22-15/h2-5,12,15H,6-11H2,1H3/t12-,15-/m1/s1. The van der Waals surface area contributed by atoms with E-state index >= 15 is 0 Å². The first-order valence-corrected chi connectivity index (χ1v) is 7.61. The Balaban J connectivity index is 1.49. The van der Waals surface area contributed by atoms with E-state index in [0.717, 1.165) is 26.3 Å². The van der Waals surface area contributed by atoms with Gasteiger partial charge in [-0.05, 0) is 19.1 Å². The summed E-state index contributed by atoms with van der Waals surface area (Å²) >= 11 is 0. The lowest BCUT2D eigenvalue weighted by Crippen LogP contribution is -2.44. The highest BCUT2D eigenvalue weighted by Gasteiger charge is 2.30. The van der Waals surface area contributed by atoms with Gasteiger partial charge in [-0.15, -0.1) is 0 Å². The van der Waals surface area contributed by atoms with Crippen LogP contribution in [0.15, 0.2) is 24.3 Å². The highest BCUT2D eigenvalue weighted by molar-refractivity contribution is 5.76. The van der Waals surface area contributed by atoms with Gasteiger partial charge in [0.25, 0.3) is 0 Å². The summed E-state index contributed by atoms with van der Waals surface area (Å²) in [7, 11) is 0. The fraction of sp³-hybridized carbons (Fsp3) is 0.562. The van der Waals surface area contributed by atoms with Gasteiger partial charge in [-0.3, -0.25) is 4.90 Å². The lowest BCUT2D eigenvalue weighted by molar-refractivity contribution is -0.160. The average molecular weight is 307 g/mol. The topological polar surface area (TPSA) is 57.2 Å². The maximum atomic E-state index is 12.2. The van der Waals surface area contributed by atoms with Crippen LogP contribution >= 0.6 is 0 Å². The van der Waals surface area contributed by atoms with Gasteiger partial charge < -0.3 is 18.9 Å². The van der Waals surface area contributed by atoms with Gasteiger partial charge in [-0.1, -0.05) is 12.1 Å². The first kappa shape index (κ1) is 15.1. The highest BCUT2D eigenvalue weighted by atomic mass is 16.6. The summed E-state index contributed by atoms with van der Waals surface area (Å²) in [6.07, 6.45) is -0.895. The molecular formula is C16H21NO5. The van der Waals surface area contributed by atoms with Gasteiger partial charge in [0.2, 0.25) is 6.10 Å². The van der Waals surface area contributed by atoms with E-state index < -0.39 is 6.10 Å². The van der Waals surface area contributed by atoms with E-state index in [4.69, 9.17) is 18.9 Å². The molecule has 1 aromatic rings. The van der Waals surface area contributed by atoms with Crippen LogP contribution in [0.3, 0.4) is 0 Å². The van der Waals surface area contributed by atoms with Gasteiger partial charge >= 0.3 is 5.97 Å². The molecule has 0 saturated carbocycles. The number of carbonyl (C=O) groups is 1. The molecule has 0 aromatic heterocycles. The normalized spacial score (nSPS) is 22.9. The largest absolute Gasteiger partial charge is 0.485 e. The number of esters is 1. The van der Waals surface area contributed by atoms with Crippen molar-refractivity contribution in [1.29, 1.82) is 0 Å². The number of ether oxygens (including phenoxy) is 4. The van der Waals surface area contributed by atoms with Crippen molar-refractivity contribution >= 4 is 5.97 Å². The van der Waals surface area contributed by atoms with E-state index in [2.05, 4.69) is 4.90 Å². The molecule has 22 heavy (non-hydrogen) atoms. The number of benzene rings is 1. The zero-order chi connectivity index (χ0) is 15.4. The second-order valence-corrected chi connectivity index (χ2v) is 5.52. The fourth-order valence-corrected chi connectivity index (χ4v) is 2.59. The van der Waals surface area contributed by atoms with Crippen LogP contribution in [0.2, 0.25) is 0 Å². The van der Waals surface area contributed by atoms with Crippen LogP contribution in [0.4, 0.5) is 0 Å². The summed E-state index contributed by atoms with van der Waals surface area (Å²) in [6, 6.07) is 7.31. The molecule has 0 unspecified atom stereocenters. The summed E-state index contributed by atoms with van der Waals surface area (Å²) in [5.41, 5.74) is 0. The van der Waals surface area contributed by atoms with Crippen molar-refractivity contribution in [3.05, 3.63) is 24.3 Å². The Kier molecular flexibility index (Phi) is 4.80. The van der Waals surface area contributed by atoms with Gasteiger partial charge in [-0.2, -0.15) is 0 Å². The molecule has 0 aliphatic carbocycles. The van der Waals surface area contributed by atoms with E-state index in [1.54, 1.807) is 6.07 Å². The number of rotatable bonds is 4. The first-order chi connectivity index (χ1) is 10.7. The molecule has 0 amide bonds. The molecule has 1 fully saturated rings. The number of hydrogen-bond donors (Lipinski definition) is 0. The summed E-state index contributed by atoms with van der Waals surface area (Å²) in [6.45, 7) is 6.00. The van der Waals surface area contributed by atoms with Crippen LogP contribution in [0.25, 0.3) is 0 Å². The minimum Gasteiger partial charge on any atom is -0.485 e. The van der Waals surface area contributed by atoms with Crippen molar-refractivity contribution in [2.45, 2.75) is 19.1 Å². The Labute approximate surface area is 129 Å². The van der Waals surface area contributed by atoms with E-state index in [0.29, 0.717) is 18.0 Å². The molecule has 2 heterocycles. The molecule has 6 heteroatoms. The van der Waals surface area contributed by atoms with Gasteiger partial charge in [0, 0.05) is 19.6 Å². The predicted octanol–water partition coefficient (Wildman–Crippen LogP) is 1.09. The van der Waals surface area contributed by atoms with E-state index in [9.17, 15) is 4.79 Å². The lowest BCUT2D eigenvalue weighted by Gasteiger charge is -2.30. The number of fused-ring (bicyclic) bond motifs is 1. The molecule has 0 radical (unpaired) electrons. The van der Waals surface area contributed by atoms with Crippen LogP contribution in [-0.4, -0.2) is 62.5 Å². The van der Waals surface area contributed by atoms with Gasteiger partial charge in [0.05, 0.1) is 13.2 Å². The van der Waals surface area contributed by atoms with E-state index in [-0.39, 0.29) is 18.7 Å². The highest BCUT2D eigenvalue weighted by Crippen LogP contribution is 2.31. The number of nitrogens with zero attached hydrogens (tertiary/aromatic N) is 1. The first-order valence-electron chi connectivity index (χ1n) is 7.61. The molecule has 3 rings (SSSR count). The number of para-hydroxylation sites is 2. The van der Waals surface area contributed by atoms with Crippen LogP contribution in [0.5, 0.6) is 11.5 Å². The summed E-state index contributed by atoms with van der Waals surface area (Å²) in [4.78, 5) is 14.4. The molecule has 2 aliphatic rings. The minimum atomic E-state index is -0.706. The Morgan fingerprint density at radius 3 is 2.82 bits per heavy atom. The molecule has 2 aliphatic heterocycles. The number of hydrogen-bond acceptors (Lipinski definition) is 6. The number of carbonyl (C=O) groups excluding carboxylic acids is 1. The molecule has 6 nitrogen and oxygen atoms in total. The SMILES string of the molecule is C[C@H](CN1CCOCC1)OC(=O)[C@H]1COc2ccccc2O1. The molecule has 120 valence electrons. The zero-order valence-corrected chi connectivity index (χ0v) is 12.7. The Hall–Kier alpha value is -1.79. The average Bonchev–Trinajstić information content (AvgIpc) is 2.55. The van der Waals surface area contributed by atoms with Crippen LogP contribution in [0.1, 0.15) is 6.92 Å². The second-order valence-electron chi connectivity index (χ2n) is 5.52. The third kappa shape index (κ3) is 3.69. The third-order valence-corrected chi connectivity index (χ3v) is 3.71. The Bertz CT molecular complexity index is 515.